The summed E-state index contributed by atoms with van der Waals surface area (Å²) in [6.07, 6.45) is 4.90. The summed E-state index contributed by atoms with van der Waals surface area (Å²) >= 11 is 1.62. The molecule has 0 bridgehead atoms. The Kier molecular flexibility index (Phi) is 5.16. The molecule has 0 unspecified atom stereocenters. The van der Waals surface area contributed by atoms with Crippen LogP contribution in [0.4, 0.5) is 5.13 Å². The Balaban J connectivity index is 1.53. The van der Waals surface area contributed by atoms with Crippen LogP contribution < -0.4 is 4.90 Å². The van der Waals surface area contributed by atoms with Crippen molar-refractivity contribution < 1.29 is 4.79 Å². The summed E-state index contributed by atoms with van der Waals surface area (Å²) in [7, 11) is 0. The molecule has 2 aromatic heterocycles. The molecule has 1 atom stereocenters. The summed E-state index contributed by atoms with van der Waals surface area (Å²) in [6, 6.07) is 10.2. The molecule has 1 aliphatic heterocycles. The van der Waals surface area contributed by atoms with E-state index >= 15 is 0 Å². The van der Waals surface area contributed by atoms with Crippen molar-refractivity contribution in [1.82, 2.24) is 15.0 Å². The zero-order valence-corrected chi connectivity index (χ0v) is 16.6. The van der Waals surface area contributed by atoms with E-state index < -0.39 is 0 Å². The lowest BCUT2D eigenvalue weighted by atomic mass is 10.0. The Morgan fingerprint density at radius 2 is 2.07 bits per heavy atom. The normalized spacial score (nSPS) is 17.1. The van der Waals surface area contributed by atoms with E-state index in [-0.39, 0.29) is 6.04 Å². The van der Waals surface area contributed by atoms with Gasteiger partial charge in [0.25, 0.3) is 0 Å². The van der Waals surface area contributed by atoms with Crippen LogP contribution in [0.25, 0.3) is 10.3 Å². The van der Waals surface area contributed by atoms with Crippen molar-refractivity contribution in [2.75, 3.05) is 11.4 Å². The van der Waals surface area contributed by atoms with Gasteiger partial charge in [-0.2, -0.15) is 4.98 Å². The average Bonchev–Trinajstić information content (AvgIpc) is 3.33. The largest absolute Gasteiger partial charge is 0.338 e. The van der Waals surface area contributed by atoms with Gasteiger partial charge in [-0.1, -0.05) is 55.5 Å². The number of anilines is 1. The van der Waals surface area contributed by atoms with E-state index in [1.165, 1.54) is 5.56 Å². The summed E-state index contributed by atoms with van der Waals surface area (Å²) in [5, 5.41) is 0.906. The van der Waals surface area contributed by atoms with Gasteiger partial charge >= 0.3 is 0 Å². The fourth-order valence-corrected chi connectivity index (χ4v) is 4.94. The number of Topliss-reactive ketones (excluding diaryl/α,β-unsaturated/α-hetero) is 1. The maximum atomic E-state index is 12.9. The number of carbonyl (C=O) groups excluding carboxylic acids is 1. The lowest BCUT2D eigenvalue weighted by Gasteiger charge is -2.22. The first-order chi connectivity index (χ1) is 13.1. The molecule has 1 saturated heterocycles. The van der Waals surface area contributed by atoms with Crippen molar-refractivity contribution >= 4 is 32.6 Å². The molecule has 27 heavy (non-hydrogen) atoms. The Labute approximate surface area is 163 Å². The fraction of sp³-hybridized carbons (Fsp3) is 0.429. The topological polar surface area (TPSA) is 59.0 Å². The first-order valence-corrected chi connectivity index (χ1v) is 10.4. The Morgan fingerprint density at radius 3 is 2.85 bits per heavy atom. The molecule has 5 nitrogen and oxygen atoms in total. The highest BCUT2D eigenvalue weighted by Crippen LogP contribution is 2.35. The van der Waals surface area contributed by atoms with E-state index in [2.05, 4.69) is 40.8 Å². The highest BCUT2D eigenvalue weighted by atomic mass is 32.1. The minimum atomic E-state index is -0.0651. The van der Waals surface area contributed by atoms with E-state index in [4.69, 9.17) is 4.98 Å². The first-order valence-electron chi connectivity index (χ1n) is 9.58. The van der Waals surface area contributed by atoms with E-state index in [0.717, 1.165) is 47.0 Å². The molecule has 3 aromatic rings. The number of benzene rings is 1. The second kappa shape index (κ2) is 7.72. The van der Waals surface area contributed by atoms with Gasteiger partial charge < -0.3 is 4.90 Å². The Hall–Kier alpha value is -2.34. The Morgan fingerprint density at radius 1 is 1.26 bits per heavy atom. The van der Waals surface area contributed by atoms with Gasteiger partial charge in [-0.3, -0.25) is 4.79 Å². The van der Waals surface area contributed by atoms with E-state index in [9.17, 15) is 4.79 Å². The van der Waals surface area contributed by atoms with Gasteiger partial charge in [0.1, 0.15) is 6.33 Å². The van der Waals surface area contributed by atoms with Gasteiger partial charge in [-0.05, 0) is 30.7 Å². The van der Waals surface area contributed by atoms with Gasteiger partial charge in [0, 0.05) is 13.0 Å². The van der Waals surface area contributed by atoms with E-state index in [0.29, 0.717) is 18.1 Å². The number of rotatable bonds is 6. The summed E-state index contributed by atoms with van der Waals surface area (Å²) < 4.78 is 1.05. The third-order valence-corrected chi connectivity index (χ3v) is 6.23. The monoisotopic (exact) mass is 380 g/mol. The molecule has 0 saturated carbocycles. The van der Waals surface area contributed by atoms with Crippen LogP contribution in [0.3, 0.4) is 0 Å². The molecule has 4 rings (SSSR count). The second-order valence-electron chi connectivity index (χ2n) is 7.37. The van der Waals surface area contributed by atoms with Crippen LogP contribution in [-0.2, 0) is 11.2 Å². The van der Waals surface area contributed by atoms with Gasteiger partial charge in [-0.25, -0.2) is 9.97 Å². The van der Waals surface area contributed by atoms with Crippen molar-refractivity contribution in [2.45, 2.75) is 51.5 Å². The van der Waals surface area contributed by atoms with Crippen molar-refractivity contribution in [3.05, 3.63) is 47.9 Å². The molecule has 0 aliphatic carbocycles. The zero-order valence-electron chi connectivity index (χ0n) is 15.8. The van der Waals surface area contributed by atoms with Crippen LogP contribution in [0, 0.1) is 0 Å². The molecule has 6 heteroatoms. The number of aromatic nitrogens is 3. The van der Waals surface area contributed by atoms with E-state index in [1.807, 2.05) is 18.2 Å². The van der Waals surface area contributed by atoms with Crippen molar-refractivity contribution in [2.24, 2.45) is 0 Å². The van der Waals surface area contributed by atoms with Crippen LogP contribution in [0.1, 0.15) is 50.3 Å². The van der Waals surface area contributed by atoms with Crippen molar-refractivity contribution in [3.8, 4) is 0 Å². The lowest BCUT2D eigenvalue weighted by molar-refractivity contribution is -0.120. The zero-order chi connectivity index (χ0) is 18.8. The molecule has 1 fully saturated rings. The fourth-order valence-electron chi connectivity index (χ4n) is 3.70. The molecule has 0 amide bonds. The van der Waals surface area contributed by atoms with Crippen LogP contribution in [0.5, 0.6) is 0 Å². The van der Waals surface area contributed by atoms with Crippen molar-refractivity contribution in [3.63, 3.8) is 0 Å². The smallest absolute Gasteiger partial charge is 0.188 e. The number of carbonyl (C=O) groups is 1. The molecular formula is C21H24N4OS. The van der Waals surface area contributed by atoms with Crippen LogP contribution in [0.2, 0.25) is 0 Å². The van der Waals surface area contributed by atoms with Gasteiger partial charge in [0.15, 0.2) is 16.6 Å². The molecule has 1 aromatic carbocycles. The number of thiazole rings is 1. The summed E-state index contributed by atoms with van der Waals surface area (Å²) in [6.45, 7) is 5.14. The number of ketones is 1. The third kappa shape index (κ3) is 3.72. The molecule has 140 valence electrons. The van der Waals surface area contributed by atoms with Crippen LogP contribution >= 0.6 is 11.3 Å². The molecule has 1 aliphatic rings. The van der Waals surface area contributed by atoms with Crippen molar-refractivity contribution in [1.29, 1.82) is 0 Å². The first kappa shape index (κ1) is 18.0. The van der Waals surface area contributed by atoms with E-state index in [1.54, 1.807) is 17.7 Å². The SMILES string of the molecule is CC(C)c1ncnc2nc(N3CCC[C@@H]3C(=O)CCc3ccccc3)sc12. The molecule has 3 heterocycles. The highest BCUT2D eigenvalue weighted by Gasteiger charge is 2.32. The molecule has 0 spiro atoms. The minimum absolute atomic E-state index is 0.0651. The predicted octanol–water partition coefficient (Wildman–Crippen LogP) is 4.38. The number of hydrogen-bond donors (Lipinski definition) is 0. The quantitative estimate of drug-likeness (QED) is 0.635. The lowest BCUT2D eigenvalue weighted by Crippen LogP contribution is -2.36. The molecule has 0 N–H and O–H groups in total. The maximum absolute atomic E-state index is 12.9. The summed E-state index contributed by atoms with van der Waals surface area (Å²) in [4.78, 5) is 28.6. The number of hydrogen-bond acceptors (Lipinski definition) is 6. The number of nitrogens with zero attached hydrogens (tertiary/aromatic N) is 4. The predicted molar refractivity (Wildman–Crippen MR) is 109 cm³/mol. The summed E-state index contributed by atoms with van der Waals surface area (Å²) in [5.74, 6) is 0.636. The average molecular weight is 381 g/mol. The summed E-state index contributed by atoms with van der Waals surface area (Å²) in [5.41, 5.74) is 3.00. The van der Waals surface area contributed by atoms with Gasteiger partial charge in [0.05, 0.1) is 16.4 Å². The second-order valence-corrected chi connectivity index (χ2v) is 8.34. The minimum Gasteiger partial charge on any atom is -0.338 e. The highest BCUT2D eigenvalue weighted by molar-refractivity contribution is 7.22. The standard InChI is InChI=1S/C21H24N4OS/c1-14(2)18-19-20(23-13-22-18)24-21(27-19)25-12-6-9-16(25)17(26)11-10-15-7-4-3-5-8-15/h3-5,7-8,13-14,16H,6,9-12H2,1-2H3/t16-/m1/s1. The number of aryl methyl sites for hydroxylation is 1. The molecular weight excluding hydrogens is 356 g/mol. The third-order valence-electron chi connectivity index (χ3n) is 5.13. The van der Waals surface area contributed by atoms with Gasteiger partial charge in [-0.15, -0.1) is 0 Å². The number of fused-ring (bicyclic) bond motifs is 1. The van der Waals surface area contributed by atoms with Crippen LogP contribution in [-0.4, -0.2) is 33.3 Å². The van der Waals surface area contributed by atoms with Gasteiger partial charge in [0.2, 0.25) is 0 Å². The van der Waals surface area contributed by atoms with Crippen LogP contribution in [0.15, 0.2) is 36.7 Å². The maximum Gasteiger partial charge on any atom is 0.188 e. The molecule has 0 radical (unpaired) electrons. The Bertz CT molecular complexity index is 938.